The van der Waals surface area contributed by atoms with Crippen LogP contribution in [0.25, 0.3) is 0 Å². The molecule has 3 nitrogen and oxygen atoms in total. The molecule has 0 bridgehead atoms. The molecule has 27 heavy (non-hydrogen) atoms. The quantitative estimate of drug-likeness (QED) is 0.492. The summed E-state index contributed by atoms with van der Waals surface area (Å²) in [7, 11) is 1.62. The number of para-hydroxylation sites is 1. The third-order valence-corrected chi connectivity index (χ3v) is 4.80. The first kappa shape index (κ1) is 19.2. The molecule has 0 spiro atoms. The van der Waals surface area contributed by atoms with Gasteiger partial charge in [-0.25, -0.2) is 4.39 Å². The average Bonchev–Trinajstić information content (AvgIpc) is 2.67. The van der Waals surface area contributed by atoms with E-state index < -0.39 is 0 Å². The molecule has 5 heteroatoms. The fourth-order valence-corrected chi connectivity index (χ4v) is 3.32. The molecule has 3 rings (SSSR count). The SMILES string of the molecule is COc1cc(CNc2ccccc2C)cc(Br)c1OCc1ccc(F)cc1. The number of rotatable bonds is 7. The topological polar surface area (TPSA) is 30.5 Å². The molecule has 0 heterocycles. The van der Waals surface area contributed by atoms with Crippen molar-refractivity contribution in [3.63, 3.8) is 0 Å². The second kappa shape index (κ2) is 8.91. The Balaban J connectivity index is 1.72. The number of halogens is 2. The van der Waals surface area contributed by atoms with Crippen LogP contribution in [0, 0.1) is 12.7 Å². The highest BCUT2D eigenvalue weighted by Crippen LogP contribution is 2.37. The van der Waals surface area contributed by atoms with Crippen molar-refractivity contribution in [2.45, 2.75) is 20.1 Å². The molecule has 0 aliphatic heterocycles. The zero-order valence-electron chi connectivity index (χ0n) is 15.3. The summed E-state index contributed by atoms with van der Waals surface area (Å²) in [5.41, 5.74) is 4.25. The average molecular weight is 430 g/mol. The number of aryl methyl sites for hydroxylation is 1. The van der Waals surface area contributed by atoms with Crippen molar-refractivity contribution in [3.05, 3.63) is 87.6 Å². The van der Waals surface area contributed by atoms with Gasteiger partial charge in [-0.1, -0.05) is 30.3 Å². The van der Waals surface area contributed by atoms with E-state index in [0.717, 1.165) is 21.3 Å². The van der Waals surface area contributed by atoms with Crippen molar-refractivity contribution in [1.29, 1.82) is 0 Å². The van der Waals surface area contributed by atoms with Gasteiger partial charge in [-0.2, -0.15) is 0 Å². The molecule has 0 unspecified atom stereocenters. The second-order valence-corrected chi connectivity index (χ2v) is 7.05. The fraction of sp³-hybridized carbons (Fsp3) is 0.182. The Morgan fingerprint density at radius 2 is 1.74 bits per heavy atom. The van der Waals surface area contributed by atoms with Gasteiger partial charge in [0.05, 0.1) is 11.6 Å². The van der Waals surface area contributed by atoms with Crippen molar-refractivity contribution in [1.82, 2.24) is 0 Å². The summed E-state index contributed by atoms with van der Waals surface area (Å²) in [6.07, 6.45) is 0. The molecule has 0 aliphatic carbocycles. The molecule has 0 fully saturated rings. The van der Waals surface area contributed by atoms with Crippen LogP contribution in [0.4, 0.5) is 10.1 Å². The van der Waals surface area contributed by atoms with E-state index in [9.17, 15) is 4.39 Å². The van der Waals surface area contributed by atoms with Crippen LogP contribution in [0.3, 0.4) is 0 Å². The highest BCUT2D eigenvalue weighted by molar-refractivity contribution is 9.10. The van der Waals surface area contributed by atoms with Gasteiger partial charge in [0.1, 0.15) is 12.4 Å². The van der Waals surface area contributed by atoms with Gasteiger partial charge in [0, 0.05) is 12.2 Å². The molecule has 0 saturated carbocycles. The molecule has 0 atom stereocenters. The lowest BCUT2D eigenvalue weighted by Crippen LogP contribution is -2.03. The zero-order chi connectivity index (χ0) is 19.2. The maximum atomic E-state index is 13.0. The summed E-state index contributed by atoms with van der Waals surface area (Å²) in [5, 5.41) is 3.44. The molecular formula is C22H21BrFNO2. The standard InChI is InChI=1S/C22H21BrFNO2/c1-15-5-3-4-6-20(15)25-13-17-11-19(23)22(21(12-17)26-2)27-14-16-7-9-18(24)10-8-16/h3-12,25H,13-14H2,1-2H3. The molecule has 140 valence electrons. The van der Waals surface area contributed by atoms with Crippen LogP contribution in [0.5, 0.6) is 11.5 Å². The van der Waals surface area contributed by atoms with E-state index in [1.54, 1.807) is 19.2 Å². The number of hydrogen-bond acceptors (Lipinski definition) is 3. The number of anilines is 1. The van der Waals surface area contributed by atoms with Crippen molar-refractivity contribution >= 4 is 21.6 Å². The minimum atomic E-state index is -0.261. The Kier molecular flexibility index (Phi) is 6.35. The monoisotopic (exact) mass is 429 g/mol. The van der Waals surface area contributed by atoms with E-state index in [0.29, 0.717) is 24.7 Å². The summed E-state index contributed by atoms with van der Waals surface area (Å²) in [6, 6.07) is 18.4. The minimum absolute atomic E-state index is 0.261. The molecule has 0 amide bonds. The fourth-order valence-electron chi connectivity index (χ4n) is 2.72. The third-order valence-electron chi connectivity index (χ3n) is 4.21. The van der Waals surface area contributed by atoms with Gasteiger partial charge in [-0.05, 0) is 69.9 Å². The van der Waals surface area contributed by atoms with Crippen LogP contribution in [-0.2, 0) is 13.2 Å². The molecule has 0 saturated heterocycles. The van der Waals surface area contributed by atoms with Crippen LogP contribution in [0.2, 0.25) is 0 Å². The Hall–Kier alpha value is -2.53. The lowest BCUT2D eigenvalue weighted by Gasteiger charge is -2.15. The first-order valence-electron chi connectivity index (χ1n) is 8.60. The Morgan fingerprint density at radius 1 is 1.00 bits per heavy atom. The van der Waals surface area contributed by atoms with Crippen LogP contribution in [-0.4, -0.2) is 7.11 Å². The minimum Gasteiger partial charge on any atom is -0.493 e. The number of ether oxygens (including phenoxy) is 2. The van der Waals surface area contributed by atoms with E-state index >= 15 is 0 Å². The van der Waals surface area contributed by atoms with Gasteiger partial charge >= 0.3 is 0 Å². The van der Waals surface area contributed by atoms with Gasteiger partial charge < -0.3 is 14.8 Å². The highest BCUT2D eigenvalue weighted by Gasteiger charge is 2.12. The van der Waals surface area contributed by atoms with Gasteiger partial charge in [0.15, 0.2) is 11.5 Å². The predicted molar refractivity (Wildman–Crippen MR) is 110 cm³/mol. The molecule has 3 aromatic rings. The second-order valence-electron chi connectivity index (χ2n) is 6.19. The summed E-state index contributed by atoms with van der Waals surface area (Å²) >= 11 is 3.57. The van der Waals surface area contributed by atoms with E-state index in [1.165, 1.54) is 17.7 Å². The first-order chi connectivity index (χ1) is 13.1. The molecule has 1 N–H and O–H groups in total. The molecule has 0 radical (unpaired) electrons. The van der Waals surface area contributed by atoms with E-state index in [1.807, 2.05) is 24.3 Å². The third kappa shape index (κ3) is 5.01. The zero-order valence-corrected chi connectivity index (χ0v) is 16.8. The molecular weight excluding hydrogens is 409 g/mol. The summed E-state index contributed by atoms with van der Waals surface area (Å²) in [4.78, 5) is 0. The highest BCUT2D eigenvalue weighted by atomic mass is 79.9. The van der Waals surface area contributed by atoms with Gasteiger partial charge in [0.2, 0.25) is 0 Å². The number of methoxy groups -OCH3 is 1. The maximum Gasteiger partial charge on any atom is 0.175 e. The van der Waals surface area contributed by atoms with Crippen molar-refractivity contribution < 1.29 is 13.9 Å². The van der Waals surface area contributed by atoms with Gasteiger partial charge in [0.25, 0.3) is 0 Å². The van der Waals surface area contributed by atoms with Crippen LogP contribution in [0.15, 0.2) is 65.1 Å². The predicted octanol–water partition coefficient (Wildman–Crippen LogP) is 6.10. The van der Waals surface area contributed by atoms with Crippen molar-refractivity contribution in [2.75, 3.05) is 12.4 Å². The number of nitrogens with one attached hydrogen (secondary N) is 1. The Morgan fingerprint density at radius 3 is 2.44 bits per heavy atom. The maximum absolute atomic E-state index is 13.0. The van der Waals surface area contributed by atoms with Gasteiger partial charge in [-0.15, -0.1) is 0 Å². The normalized spacial score (nSPS) is 10.5. The molecule has 0 aliphatic rings. The van der Waals surface area contributed by atoms with Crippen LogP contribution < -0.4 is 14.8 Å². The van der Waals surface area contributed by atoms with Gasteiger partial charge in [-0.3, -0.25) is 0 Å². The van der Waals surface area contributed by atoms with Crippen LogP contribution in [0.1, 0.15) is 16.7 Å². The largest absolute Gasteiger partial charge is 0.493 e. The first-order valence-corrected chi connectivity index (χ1v) is 9.39. The Bertz CT molecular complexity index is 913. The smallest absolute Gasteiger partial charge is 0.175 e. The molecule has 3 aromatic carbocycles. The van der Waals surface area contributed by atoms with E-state index in [-0.39, 0.29) is 5.82 Å². The molecule has 0 aromatic heterocycles. The number of benzene rings is 3. The van der Waals surface area contributed by atoms with Crippen LogP contribution >= 0.6 is 15.9 Å². The number of hydrogen-bond donors (Lipinski definition) is 1. The van der Waals surface area contributed by atoms with Crippen molar-refractivity contribution in [2.24, 2.45) is 0 Å². The van der Waals surface area contributed by atoms with E-state index in [2.05, 4.69) is 40.3 Å². The van der Waals surface area contributed by atoms with Crippen molar-refractivity contribution in [3.8, 4) is 11.5 Å². The van der Waals surface area contributed by atoms with E-state index in [4.69, 9.17) is 9.47 Å². The summed E-state index contributed by atoms with van der Waals surface area (Å²) in [5.74, 6) is 1.01. The lowest BCUT2D eigenvalue weighted by atomic mass is 10.1. The summed E-state index contributed by atoms with van der Waals surface area (Å²) < 4.78 is 25.2. The summed E-state index contributed by atoms with van der Waals surface area (Å²) in [6.45, 7) is 3.07. The Labute approximate surface area is 167 Å². The lowest BCUT2D eigenvalue weighted by molar-refractivity contribution is 0.282.